The van der Waals surface area contributed by atoms with Gasteiger partial charge in [-0.1, -0.05) is 125 Å². The third-order valence-corrected chi connectivity index (χ3v) is 10.4. The van der Waals surface area contributed by atoms with Gasteiger partial charge >= 0.3 is 19.8 Å². The van der Waals surface area contributed by atoms with Gasteiger partial charge in [0.15, 0.2) is 6.10 Å². The molecule has 5 N–H and O–H groups in total. The summed E-state index contributed by atoms with van der Waals surface area (Å²) in [6.07, 6.45) is 34.3. The van der Waals surface area contributed by atoms with Crippen LogP contribution in [0.25, 0.3) is 0 Å². The normalized spacial score (nSPS) is 15.0. The number of hydrogen-bond donors (Lipinski definition) is 4. The quantitative estimate of drug-likeness (QED) is 0.0165. The minimum atomic E-state index is -4.44. The van der Waals surface area contributed by atoms with Crippen LogP contribution in [0.1, 0.15) is 139 Å². The largest absolute Gasteiger partial charge is 0.472 e. The van der Waals surface area contributed by atoms with Crippen molar-refractivity contribution in [3.05, 3.63) is 95.6 Å². The molecular weight excluding hydrogens is 785 g/mol. The van der Waals surface area contributed by atoms with E-state index in [2.05, 4.69) is 27.7 Å². The number of aryl methyl sites for hydroxylation is 2. The fourth-order valence-electron chi connectivity index (χ4n) is 5.95. The molecule has 0 amide bonds. The Bertz CT molecular complexity index is 1530. The third kappa shape index (κ3) is 29.0. The van der Waals surface area contributed by atoms with Gasteiger partial charge in [0.1, 0.15) is 18.1 Å². The van der Waals surface area contributed by atoms with Gasteiger partial charge in [0.05, 0.1) is 25.4 Å². The monoisotopic (exact) mass is 862 g/mol. The van der Waals surface area contributed by atoms with E-state index in [-0.39, 0.29) is 32.6 Å². The first-order valence-electron chi connectivity index (χ1n) is 22.0. The Morgan fingerprint density at radius 2 is 1.37 bits per heavy atom. The van der Waals surface area contributed by atoms with Crippen molar-refractivity contribution in [1.29, 1.82) is 0 Å². The highest BCUT2D eigenvalue weighted by molar-refractivity contribution is 7.47. The van der Waals surface area contributed by atoms with Gasteiger partial charge < -0.3 is 34.7 Å². The first kappa shape index (κ1) is 54.7. The van der Waals surface area contributed by atoms with Crippen LogP contribution in [0.5, 0.6) is 0 Å². The van der Waals surface area contributed by atoms with E-state index < -0.39 is 44.7 Å². The van der Waals surface area contributed by atoms with Crippen molar-refractivity contribution in [3.8, 4) is 0 Å². The maximum absolute atomic E-state index is 12.6. The minimum absolute atomic E-state index is 0.0137. The van der Waals surface area contributed by atoms with E-state index >= 15 is 0 Å². The lowest BCUT2D eigenvalue weighted by molar-refractivity contribution is -0.161. The van der Waals surface area contributed by atoms with Crippen LogP contribution in [0, 0.1) is 13.8 Å². The summed E-state index contributed by atoms with van der Waals surface area (Å²) < 4.78 is 38.8. The van der Waals surface area contributed by atoms with E-state index in [4.69, 9.17) is 28.7 Å². The maximum atomic E-state index is 12.6. The Hall–Kier alpha value is -3.35. The fraction of sp³-hybridized carbons (Fsp3) is 0.617. The molecule has 13 heteroatoms. The molecule has 0 fully saturated rings. The molecular formula is C47H76NO11P. The second-order valence-electron chi connectivity index (χ2n) is 14.8. The molecule has 1 aromatic heterocycles. The van der Waals surface area contributed by atoms with Gasteiger partial charge in [-0.2, -0.15) is 0 Å². The predicted octanol–water partition coefficient (Wildman–Crippen LogP) is 9.87. The summed E-state index contributed by atoms with van der Waals surface area (Å²) in [7, 11) is -4.44. The number of aliphatic hydroxyl groups is 2. The van der Waals surface area contributed by atoms with Crippen LogP contribution >= 0.6 is 7.82 Å². The molecule has 12 nitrogen and oxygen atoms in total. The predicted molar refractivity (Wildman–Crippen MR) is 239 cm³/mol. The number of allylic oxidation sites excluding steroid dienone is 8. The molecule has 1 heterocycles. The molecule has 340 valence electrons. The summed E-state index contributed by atoms with van der Waals surface area (Å²) in [5.41, 5.74) is 7.93. The fourth-order valence-corrected chi connectivity index (χ4v) is 6.71. The van der Waals surface area contributed by atoms with Gasteiger partial charge in [-0.05, 0) is 76.3 Å². The Kier molecular flexibility index (Phi) is 32.1. The zero-order valence-electron chi connectivity index (χ0n) is 36.8. The summed E-state index contributed by atoms with van der Waals surface area (Å²) in [6.45, 7) is 7.49. The van der Waals surface area contributed by atoms with E-state index in [9.17, 15) is 29.3 Å². The third-order valence-electron chi connectivity index (χ3n) is 9.45. The lowest BCUT2D eigenvalue weighted by Crippen LogP contribution is -2.29. The van der Waals surface area contributed by atoms with Gasteiger partial charge in [0.25, 0.3) is 0 Å². The summed E-state index contributed by atoms with van der Waals surface area (Å²) in [5, 5.41) is 20.0. The lowest BCUT2D eigenvalue weighted by Gasteiger charge is -2.19. The molecule has 4 atom stereocenters. The number of aliphatic hydroxyl groups excluding tert-OH is 2. The van der Waals surface area contributed by atoms with Gasteiger partial charge in [-0.3, -0.25) is 18.6 Å². The number of nitrogens with two attached hydrogens (primary N) is 1. The average molecular weight is 862 g/mol. The Morgan fingerprint density at radius 1 is 0.733 bits per heavy atom. The summed E-state index contributed by atoms with van der Waals surface area (Å²) in [5.74, 6) is 1.22. The lowest BCUT2D eigenvalue weighted by atomic mass is 10.0. The number of furan rings is 1. The van der Waals surface area contributed by atoms with Crippen LogP contribution in [-0.4, -0.2) is 71.7 Å². The number of phosphoric acid groups is 1. The molecule has 0 radical (unpaired) electrons. The molecule has 1 aromatic rings. The second kappa shape index (κ2) is 35.3. The highest BCUT2D eigenvalue weighted by atomic mass is 31.2. The van der Waals surface area contributed by atoms with E-state index in [1.54, 1.807) is 30.4 Å². The number of ether oxygens (including phenoxy) is 2. The summed E-state index contributed by atoms with van der Waals surface area (Å²) in [6, 6.07) is 0. The standard InChI is InChI=1S/C47H76NO11P/c1-5-7-20-28-41(49)29-21-15-11-10-12-16-22-30-42(50)31-23-19-26-33-46(51)55-37-43(38-57-60(53,54)56-36-35-48)58-47(52)34-25-18-14-9-8-13-17-24-32-45-40(4)39(3)44(59-45)27-6-2/h7,11-12,15-16,20-23,29-31,41-43,49-50H,5-6,8-10,13-14,17-19,24-28,32-38,48H2,1-4H3,(H,53,54)/b15-11-,16-12-,20-7-,29-21+,30-22+,31-23-/t41-,42-,43-/m1/s1. The summed E-state index contributed by atoms with van der Waals surface area (Å²) in [4.78, 5) is 35.0. The van der Waals surface area contributed by atoms with Crippen molar-refractivity contribution in [2.75, 3.05) is 26.4 Å². The van der Waals surface area contributed by atoms with Gasteiger partial charge in [-0.15, -0.1) is 0 Å². The minimum Gasteiger partial charge on any atom is -0.466 e. The molecule has 0 aromatic carbocycles. The van der Waals surface area contributed by atoms with Crippen LogP contribution in [0.4, 0.5) is 0 Å². The van der Waals surface area contributed by atoms with Crippen LogP contribution in [0.2, 0.25) is 0 Å². The molecule has 0 aliphatic carbocycles. The highest BCUT2D eigenvalue weighted by Crippen LogP contribution is 2.43. The number of esters is 2. The number of carbonyl (C=O) groups is 2. The molecule has 1 unspecified atom stereocenters. The number of rotatable bonds is 36. The van der Waals surface area contributed by atoms with Crippen molar-refractivity contribution in [3.63, 3.8) is 0 Å². The molecule has 0 bridgehead atoms. The Balaban J connectivity index is 2.35. The van der Waals surface area contributed by atoms with E-state index in [0.717, 1.165) is 82.1 Å². The number of phosphoric ester groups is 1. The first-order chi connectivity index (χ1) is 28.9. The zero-order chi connectivity index (χ0) is 44.3. The maximum Gasteiger partial charge on any atom is 0.472 e. The van der Waals surface area contributed by atoms with Crippen LogP contribution in [0.3, 0.4) is 0 Å². The molecule has 0 saturated carbocycles. The van der Waals surface area contributed by atoms with Crippen LogP contribution in [-0.2, 0) is 45.5 Å². The molecule has 1 rings (SSSR count). The van der Waals surface area contributed by atoms with Gasteiger partial charge in [-0.25, -0.2) is 4.57 Å². The van der Waals surface area contributed by atoms with Crippen molar-refractivity contribution >= 4 is 19.8 Å². The van der Waals surface area contributed by atoms with Crippen molar-refractivity contribution in [2.24, 2.45) is 5.73 Å². The number of unbranched alkanes of at least 4 members (excludes halogenated alkanes) is 8. The van der Waals surface area contributed by atoms with E-state index in [0.29, 0.717) is 32.1 Å². The van der Waals surface area contributed by atoms with Crippen molar-refractivity contribution < 1.29 is 52.2 Å². The van der Waals surface area contributed by atoms with Crippen molar-refractivity contribution in [2.45, 2.75) is 162 Å². The van der Waals surface area contributed by atoms with Crippen LogP contribution in [0.15, 0.2) is 77.3 Å². The van der Waals surface area contributed by atoms with E-state index in [1.165, 1.54) is 11.1 Å². The molecule has 0 aliphatic rings. The zero-order valence-corrected chi connectivity index (χ0v) is 37.7. The molecule has 0 aliphatic heterocycles. The average Bonchev–Trinajstić information content (AvgIpc) is 3.48. The first-order valence-corrected chi connectivity index (χ1v) is 23.5. The number of carbonyl (C=O) groups excluding carboxylic acids is 2. The Morgan fingerprint density at radius 3 is 2.03 bits per heavy atom. The summed E-state index contributed by atoms with van der Waals surface area (Å²) >= 11 is 0. The topological polar surface area (TPSA) is 188 Å². The highest BCUT2D eigenvalue weighted by Gasteiger charge is 2.26. The molecule has 0 saturated heterocycles. The van der Waals surface area contributed by atoms with Gasteiger partial charge in [0.2, 0.25) is 0 Å². The SMILES string of the molecule is CC/C=C\C[C@@H](O)/C=C/C=C\C/C=C\C=C\[C@@H](O)/C=C\CCCC(=O)OC[C@H](COP(=O)(O)OCCN)OC(=O)CCCCCCCCCCc1oc(CCC)c(C)c1C. The molecule has 0 spiro atoms. The smallest absolute Gasteiger partial charge is 0.466 e. The van der Waals surface area contributed by atoms with E-state index in [1.807, 2.05) is 42.5 Å². The molecule has 60 heavy (non-hydrogen) atoms. The Labute approximate surface area is 360 Å². The van der Waals surface area contributed by atoms with Crippen LogP contribution < -0.4 is 5.73 Å². The number of hydrogen-bond acceptors (Lipinski definition) is 11. The van der Waals surface area contributed by atoms with Crippen molar-refractivity contribution in [1.82, 2.24) is 0 Å². The second-order valence-corrected chi connectivity index (χ2v) is 16.3. The van der Waals surface area contributed by atoms with Gasteiger partial charge in [0, 0.05) is 32.2 Å².